The van der Waals surface area contributed by atoms with E-state index in [-0.39, 0.29) is 18.7 Å². The summed E-state index contributed by atoms with van der Waals surface area (Å²) in [5, 5.41) is 15.4. The number of amides is 3. The molecule has 3 amide bonds. The number of rotatable bonds is 15. The molecule has 11 nitrogen and oxygen atoms in total. The third-order valence-electron chi connectivity index (χ3n) is 7.46. The van der Waals surface area contributed by atoms with Crippen LogP contribution in [0.25, 0.3) is 10.8 Å². The molecule has 2 atom stereocenters. The van der Waals surface area contributed by atoms with E-state index in [1.807, 2.05) is 49.4 Å². The number of primary amides is 1. The van der Waals surface area contributed by atoms with Crippen LogP contribution < -0.4 is 21.1 Å². The summed E-state index contributed by atoms with van der Waals surface area (Å²) in [6, 6.07) is 26.5. The smallest absolute Gasteiger partial charge is 0.391 e. The zero-order chi connectivity index (χ0) is 33.8. The summed E-state index contributed by atoms with van der Waals surface area (Å²) in [4.78, 5) is 38.0. The van der Waals surface area contributed by atoms with Crippen molar-refractivity contribution in [1.29, 1.82) is 5.41 Å². The molecular weight excluding hydrogens is 618 g/mol. The van der Waals surface area contributed by atoms with Crippen LogP contribution in [-0.2, 0) is 43.1 Å². The third kappa shape index (κ3) is 10.8. The molecule has 4 rings (SSSR count). The molecule has 0 spiro atoms. The van der Waals surface area contributed by atoms with E-state index in [1.54, 1.807) is 54.6 Å². The standard InChI is InChI=1S/C35H39N5O6S/c1-2-3-13-30(33(41)38-22-24-14-18-28(19-15-24)32(36)46-35(37)43)39-34(42)31(40-47(44,45)23-25-9-5-4-6-10-25)21-26-16-17-27-11-7-8-12-29(27)20-26/h4-12,14-20,30-31,36,40H,2-3,13,21-23H2,1H3,(H2,37,43)(H,38,41)(H,39,42)/t30-,31+/m0/s1. The Kier molecular flexibility index (Phi) is 12.2. The molecule has 4 aromatic carbocycles. The van der Waals surface area contributed by atoms with Crippen molar-refractivity contribution in [2.24, 2.45) is 5.73 Å². The Labute approximate surface area is 274 Å². The van der Waals surface area contributed by atoms with Crippen LogP contribution in [0.2, 0.25) is 0 Å². The topological polar surface area (TPSA) is 181 Å². The number of fused-ring (bicyclic) bond motifs is 1. The van der Waals surface area contributed by atoms with Gasteiger partial charge in [-0.25, -0.2) is 17.9 Å². The molecule has 4 aromatic rings. The van der Waals surface area contributed by atoms with Crippen LogP contribution in [0, 0.1) is 5.41 Å². The van der Waals surface area contributed by atoms with Crippen LogP contribution >= 0.6 is 0 Å². The van der Waals surface area contributed by atoms with E-state index in [0.717, 1.165) is 22.8 Å². The first-order valence-corrected chi connectivity index (χ1v) is 16.9. The van der Waals surface area contributed by atoms with Crippen molar-refractivity contribution in [1.82, 2.24) is 15.4 Å². The first-order chi connectivity index (χ1) is 22.5. The van der Waals surface area contributed by atoms with Crippen LogP contribution in [0.3, 0.4) is 0 Å². The predicted molar refractivity (Wildman–Crippen MR) is 181 cm³/mol. The Balaban J connectivity index is 1.49. The summed E-state index contributed by atoms with van der Waals surface area (Å²) in [6.45, 7) is 2.10. The molecule has 47 heavy (non-hydrogen) atoms. The van der Waals surface area contributed by atoms with Gasteiger partial charge in [0, 0.05) is 12.1 Å². The number of hydrogen-bond donors (Lipinski definition) is 5. The molecular formula is C35H39N5O6S. The van der Waals surface area contributed by atoms with Gasteiger partial charge in [0.2, 0.25) is 27.7 Å². The fourth-order valence-electron chi connectivity index (χ4n) is 5.04. The summed E-state index contributed by atoms with van der Waals surface area (Å²) >= 11 is 0. The largest absolute Gasteiger partial charge is 0.411 e. The number of ether oxygens (including phenoxy) is 1. The number of carbonyl (C=O) groups excluding carboxylic acids is 3. The number of nitrogens with two attached hydrogens (primary N) is 1. The highest BCUT2D eigenvalue weighted by molar-refractivity contribution is 7.88. The monoisotopic (exact) mass is 657 g/mol. The Bertz CT molecular complexity index is 1810. The summed E-state index contributed by atoms with van der Waals surface area (Å²) in [7, 11) is -3.94. The van der Waals surface area contributed by atoms with Crippen molar-refractivity contribution in [2.75, 3.05) is 0 Å². The minimum atomic E-state index is -3.94. The van der Waals surface area contributed by atoms with Crippen LogP contribution in [0.5, 0.6) is 0 Å². The summed E-state index contributed by atoms with van der Waals surface area (Å²) in [5.41, 5.74) is 7.34. The van der Waals surface area contributed by atoms with Gasteiger partial charge in [0.25, 0.3) is 0 Å². The molecule has 0 unspecified atom stereocenters. The number of carbonyl (C=O) groups is 3. The molecule has 12 heteroatoms. The highest BCUT2D eigenvalue weighted by Crippen LogP contribution is 2.18. The Morgan fingerprint density at radius 2 is 1.47 bits per heavy atom. The van der Waals surface area contributed by atoms with Crippen LogP contribution in [0.4, 0.5) is 4.79 Å². The van der Waals surface area contributed by atoms with Crippen LogP contribution in [0.1, 0.15) is 48.4 Å². The number of unbranched alkanes of at least 4 members (excludes halogenated alkanes) is 1. The molecule has 0 aliphatic carbocycles. The molecule has 0 saturated heterocycles. The zero-order valence-electron chi connectivity index (χ0n) is 26.1. The van der Waals surface area contributed by atoms with Crippen LogP contribution in [0.15, 0.2) is 97.1 Å². The molecule has 0 heterocycles. The van der Waals surface area contributed by atoms with Crippen molar-refractivity contribution in [3.63, 3.8) is 0 Å². The average molecular weight is 658 g/mol. The normalized spacial score (nSPS) is 12.5. The van der Waals surface area contributed by atoms with Crippen molar-refractivity contribution in [2.45, 2.75) is 57.0 Å². The second-order valence-electron chi connectivity index (χ2n) is 11.2. The van der Waals surface area contributed by atoms with E-state index < -0.39 is 45.9 Å². The lowest BCUT2D eigenvalue weighted by Crippen LogP contribution is -2.54. The summed E-state index contributed by atoms with van der Waals surface area (Å²) < 4.78 is 33.7. The Morgan fingerprint density at radius 3 is 2.15 bits per heavy atom. The van der Waals surface area contributed by atoms with Gasteiger partial charge in [0.05, 0.1) is 5.75 Å². The fourth-order valence-corrected chi connectivity index (χ4v) is 6.38. The maximum Gasteiger partial charge on any atom is 0.411 e. The van der Waals surface area contributed by atoms with E-state index in [0.29, 0.717) is 29.5 Å². The van der Waals surface area contributed by atoms with Gasteiger partial charge in [-0.2, -0.15) is 0 Å². The fraction of sp³-hybridized carbons (Fsp3) is 0.257. The van der Waals surface area contributed by atoms with Gasteiger partial charge in [-0.15, -0.1) is 0 Å². The van der Waals surface area contributed by atoms with Gasteiger partial charge in [0.1, 0.15) is 12.1 Å². The number of sulfonamides is 1. The Morgan fingerprint density at radius 1 is 0.809 bits per heavy atom. The van der Waals surface area contributed by atoms with Gasteiger partial charge in [-0.1, -0.05) is 105 Å². The molecule has 0 aliphatic rings. The average Bonchev–Trinajstić information content (AvgIpc) is 3.05. The Hall–Kier alpha value is -5.07. The van der Waals surface area contributed by atoms with Gasteiger partial charge in [0.15, 0.2) is 0 Å². The second-order valence-corrected chi connectivity index (χ2v) is 12.9. The summed E-state index contributed by atoms with van der Waals surface area (Å²) in [6.07, 6.45) is 0.784. The lowest BCUT2D eigenvalue weighted by molar-refractivity contribution is -0.130. The molecule has 0 fully saturated rings. The molecule has 6 N–H and O–H groups in total. The van der Waals surface area contributed by atoms with Crippen molar-refractivity contribution in [3.05, 3.63) is 119 Å². The first-order valence-electron chi connectivity index (χ1n) is 15.3. The molecule has 0 aliphatic heterocycles. The maximum absolute atomic E-state index is 13.8. The van der Waals surface area contributed by atoms with Gasteiger partial charge in [-0.05, 0) is 52.4 Å². The van der Waals surface area contributed by atoms with Crippen molar-refractivity contribution < 1.29 is 27.5 Å². The lowest BCUT2D eigenvalue weighted by Gasteiger charge is -2.23. The predicted octanol–water partition coefficient (Wildman–Crippen LogP) is 4.28. The number of hydrogen-bond acceptors (Lipinski definition) is 7. The van der Waals surface area contributed by atoms with Gasteiger partial charge < -0.3 is 21.1 Å². The lowest BCUT2D eigenvalue weighted by atomic mass is 10.0. The zero-order valence-corrected chi connectivity index (χ0v) is 26.9. The van der Waals surface area contributed by atoms with Gasteiger partial charge >= 0.3 is 6.09 Å². The van der Waals surface area contributed by atoms with E-state index in [2.05, 4.69) is 20.1 Å². The van der Waals surface area contributed by atoms with E-state index >= 15 is 0 Å². The van der Waals surface area contributed by atoms with Crippen molar-refractivity contribution >= 4 is 44.6 Å². The highest BCUT2D eigenvalue weighted by Gasteiger charge is 2.29. The molecule has 0 aromatic heterocycles. The van der Waals surface area contributed by atoms with Crippen molar-refractivity contribution in [3.8, 4) is 0 Å². The van der Waals surface area contributed by atoms with Gasteiger partial charge in [-0.3, -0.25) is 15.0 Å². The highest BCUT2D eigenvalue weighted by atomic mass is 32.2. The minimum Gasteiger partial charge on any atom is -0.391 e. The third-order valence-corrected chi connectivity index (χ3v) is 8.81. The van der Waals surface area contributed by atoms with E-state index in [1.165, 1.54) is 0 Å². The maximum atomic E-state index is 13.8. The van der Waals surface area contributed by atoms with E-state index in [9.17, 15) is 22.8 Å². The minimum absolute atomic E-state index is 0.0770. The molecule has 246 valence electrons. The number of nitrogens with one attached hydrogen (secondary N) is 4. The first kappa shape index (κ1) is 34.8. The quantitative estimate of drug-likeness (QED) is 0.0940. The summed E-state index contributed by atoms with van der Waals surface area (Å²) in [5.74, 6) is -1.73. The number of benzene rings is 4. The second kappa shape index (κ2) is 16.5. The van der Waals surface area contributed by atoms with E-state index in [4.69, 9.17) is 11.1 Å². The van der Waals surface area contributed by atoms with Crippen LogP contribution in [-0.4, -0.2) is 44.3 Å². The molecule has 0 saturated carbocycles. The SMILES string of the molecule is CCCC[C@H](NC(=O)[C@@H](Cc1ccc2ccccc2c1)NS(=O)(=O)Cc1ccccc1)C(=O)NCc1ccc(C(=N)OC(N)=O)cc1. The molecule has 0 bridgehead atoms. The molecule has 0 radical (unpaired) electrons.